The average Bonchev–Trinajstić information content (AvgIpc) is 2.88. The number of ether oxygens (including phenoxy) is 1. The van der Waals surface area contributed by atoms with Crippen LogP contribution in [-0.4, -0.2) is 35.8 Å². The minimum absolute atomic E-state index is 0.310. The Hall–Kier alpha value is -1.20. The monoisotopic (exact) mass is 265 g/mol. The summed E-state index contributed by atoms with van der Waals surface area (Å²) in [5, 5.41) is 0. The Morgan fingerprint density at radius 1 is 1.67 bits per heavy atom. The summed E-state index contributed by atoms with van der Waals surface area (Å²) in [4.78, 5) is 6.85. The highest BCUT2D eigenvalue weighted by atomic mass is 32.1. The molecule has 1 atom stereocenters. The molecule has 18 heavy (non-hydrogen) atoms. The molecule has 1 aliphatic rings. The van der Waals surface area contributed by atoms with Crippen LogP contribution in [0.4, 0.5) is 5.69 Å². The van der Waals surface area contributed by atoms with Crippen molar-refractivity contribution in [1.29, 1.82) is 0 Å². The summed E-state index contributed by atoms with van der Waals surface area (Å²) in [6.45, 7) is 4.75. The van der Waals surface area contributed by atoms with Gasteiger partial charge in [0.05, 0.1) is 11.8 Å². The number of hydrogen-bond acceptors (Lipinski definition) is 4. The summed E-state index contributed by atoms with van der Waals surface area (Å²) >= 11 is 5.06. The van der Waals surface area contributed by atoms with E-state index in [1.54, 1.807) is 6.20 Å². The molecule has 2 rings (SSSR count). The smallest absolute Gasteiger partial charge is 0.124 e. The maximum atomic E-state index is 5.73. The van der Waals surface area contributed by atoms with Crippen molar-refractivity contribution in [3.63, 3.8) is 0 Å². The predicted molar refractivity (Wildman–Crippen MR) is 77.0 cm³/mol. The molecule has 2 N–H and O–H groups in total. The second-order valence-corrected chi connectivity index (χ2v) is 4.85. The van der Waals surface area contributed by atoms with Gasteiger partial charge < -0.3 is 15.4 Å². The Balaban J connectivity index is 2.18. The van der Waals surface area contributed by atoms with Gasteiger partial charge in [-0.1, -0.05) is 12.2 Å². The van der Waals surface area contributed by atoms with E-state index in [4.69, 9.17) is 22.7 Å². The van der Waals surface area contributed by atoms with E-state index in [-0.39, 0.29) is 0 Å². The van der Waals surface area contributed by atoms with E-state index in [1.165, 1.54) is 0 Å². The molecule has 0 aliphatic carbocycles. The van der Waals surface area contributed by atoms with E-state index in [9.17, 15) is 0 Å². The highest BCUT2D eigenvalue weighted by Gasteiger charge is 2.20. The molecule has 1 fully saturated rings. The van der Waals surface area contributed by atoms with Gasteiger partial charge in [-0.15, -0.1) is 0 Å². The van der Waals surface area contributed by atoms with Gasteiger partial charge in [0.2, 0.25) is 0 Å². The van der Waals surface area contributed by atoms with Gasteiger partial charge in [-0.2, -0.15) is 0 Å². The molecule has 4 nitrogen and oxygen atoms in total. The molecule has 0 spiro atoms. The van der Waals surface area contributed by atoms with Crippen molar-refractivity contribution in [1.82, 2.24) is 4.98 Å². The van der Waals surface area contributed by atoms with Crippen molar-refractivity contribution >= 4 is 22.9 Å². The molecular weight excluding hydrogens is 246 g/mol. The highest BCUT2D eigenvalue weighted by molar-refractivity contribution is 7.80. The van der Waals surface area contributed by atoms with Crippen LogP contribution in [-0.2, 0) is 4.74 Å². The standard InChI is InChI=1S/C13H19N3OS/c1-2-16(9-10-5-4-8-17-10)11-6-3-7-15-12(11)13(14)18/h3,6-7,10H,2,4-5,8-9H2,1H3,(H2,14,18). The first-order valence-electron chi connectivity index (χ1n) is 6.33. The van der Waals surface area contributed by atoms with Crippen molar-refractivity contribution in [3.8, 4) is 0 Å². The lowest BCUT2D eigenvalue weighted by atomic mass is 10.2. The van der Waals surface area contributed by atoms with Gasteiger partial charge in [0.1, 0.15) is 10.7 Å². The molecule has 0 saturated carbocycles. The third-order valence-electron chi connectivity index (χ3n) is 3.19. The minimum Gasteiger partial charge on any atom is -0.388 e. The third-order valence-corrected chi connectivity index (χ3v) is 3.38. The number of thiocarbonyl (C=S) groups is 1. The molecule has 1 aromatic rings. The summed E-state index contributed by atoms with van der Waals surface area (Å²) in [6.07, 6.45) is 4.30. The highest BCUT2D eigenvalue weighted by Crippen LogP contribution is 2.21. The van der Waals surface area contributed by atoms with Gasteiger partial charge in [0.15, 0.2) is 0 Å². The Bertz CT molecular complexity index is 418. The van der Waals surface area contributed by atoms with Gasteiger partial charge in [-0.3, -0.25) is 4.98 Å². The first-order chi connectivity index (χ1) is 8.72. The fraction of sp³-hybridized carbons (Fsp3) is 0.538. The van der Waals surface area contributed by atoms with Crippen LogP contribution in [0.15, 0.2) is 18.3 Å². The van der Waals surface area contributed by atoms with E-state index >= 15 is 0 Å². The molecule has 1 unspecified atom stereocenters. The molecular formula is C13H19N3OS. The fourth-order valence-electron chi connectivity index (χ4n) is 2.27. The molecule has 5 heteroatoms. The largest absolute Gasteiger partial charge is 0.388 e. The number of pyridine rings is 1. The maximum Gasteiger partial charge on any atom is 0.124 e. The van der Waals surface area contributed by atoms with Gasteiger partial charge >= 0.3 is 0 Å². The fourth-order valence-corrected chi connectivity index (χ4v) is 2.43. The minimum atomic E-state index is 0.310. The SMILES string of the molecule is CCN(CC1CCCO1)c1cccnc1C(N)=S. The van der Waals surface area contributed by atoms with Crippen LogP contribution in [0.2, 0.25) is 0 Å². The lowest BCUT2D eigenvalue weighted by molar-refractivity contribution is 0.115. The quantitative estimate of drug-likeness (QED) is 0.822. The first kappa shape index (κ1) is 13.2. The molecule has 2 heterocycles. The zero-order valence-electron chi connectivity index (χ0n) is 10.6. The van der Waals surface area contributed by atoms with Gasteiger partial charge in [-0.05, 0) is 31.9 Å². The number of nitrogens with zero attached hydrogens (tertiary/aromatic N) is 2. The molecule has 1 aromatic heterocycles. The summed E-state index contributed by atoms with van der Waals surface area (Å²) < 4.78 is 5.68. The number of likely N-dealkylation sites (N-methyl/N-ethyl adjacent to an activating group) is 1. The number of nitrogens with two attached hydrogens (primary N) is 1. The number of rotatable bonds is 5. The van der Waals surface area contributed by atoms with E-state index in [0.29, 0.717) is 16.8 Å². The first-order valence-corrected chi connectivity index (χ1v) is 6.74. The maximum absolute atomic E-state index is 5.73. The number of hydrogen-bond donors (Lipinski definition) is 1. The Morgan fingerprint density at radius 2 is 2.50 bits per heavy atom. The Labute approximate surface area is 113 Å². The second kappa shape index (κ2) is 6.11. The third kappa shape index (κ3) is 2.97. The van der Waals surface area contributed by atoms with E-state index < -0.39 is 0 Å². The normalized spacial score (nSPS) is 18.8. The number of anilines is 1. The van der Waals surface area contributed by atoms with Crippen molar-refractivity contribution in [2.45, 2.75) is 25.9 Å². The molecule has 0 radical (unpaired) electrons. The zero-order valence-corrected chi connectivity index (χ0v) is 11.4. The van der Waals surface area contributed by atoms with Crippen LogP contribution in [0, 0.1) is 0 Å². The van der Waals surface area contributed by atoms with Crippen molar-refractivity contribution in [2.24, 2.45) is 5.73 Å². The number of aromatic nitrogens is 1. The summed E-state index contributed by atoms with van der Waals surface area (Å²) in [7, 11) is 0. The van der Waals surface area contributed by atoms with Crippen LogP contribution in [0.25, 0.3) is 0 Å². The molecule has 98 valence electrons. The molecule has 0 aromatic carbocycles. The van der Waals surface area contributed by atoms with E-state index in [2.05, 4.69) is 16.8 Å². The van der Waals surface area contributed by atoms with Crippen molar-refractivity contribution in [2.75, 3.05) is 24.6 Å². The molecule has 0 amide bonds. The molecule has 1 saturated heterocycles. The predicted octanol–water partition coefficient (Wildman–Crippen LogP) is 1.72. The van der Waals surface area contributed by atoms with Crippen LogP contribution < -0.4 is 10.6 Å². The van der Waals surface area contributed by atoms with E-state index in [0.717, 1.165) is 38.2 Å². The lowest BCUT2D eigenvalue weighted by Gasteiger charge is -2.27. The summed E-state index contributed by atoms with van der Waals surface area (Å²) in [6, 6.07) is 3.93. The lowest BCUT2D eigenvalue weighted by Crippen LogP contribution is -2.33. The average molecular weight is 265 g/mol. The van der Waals surface area contributed by atoms with Crippen LogP contribution in [0.3, 0.4) is 0 Å². The van der Waals surface area contributed by atoms with Crippen LogP contribution >= 0.6 is 12.2 Å². The van der Waals surface area contributed by atoms with Crippen molar-refractivity contribution in [3.05, 3.63) is 24.0 Å². The Morgan fingerprint density at radius 3 is 3.11 bits per heavy atom. The second-order valence-electron chi connectivity index (χ2n) is 4.41. The summed E-state index contributed by atoms with van der Waals surface area (Å²) in [5.41, 5.74) is 7.43. The van der Waals surface area contributed by atoms with Gasteiger partial charge in [-0.25, -0.2) is 0 Å². The van der Waals surface area contributed by atoms with Crippen LogP contribution in [0.1, 0.15) is 25.5 Å². The van der Waals surface area contributed by atoms with Crippen LogP contribution in [0.5, 0.6) is 0 Å². The van der Waals surface area contributed by atoms with Gasteiger partial charge in [0, 0.05) is 25.9 Å². The van der Waals surface area contributed by atoms with Gasteiger partial charge in [0.25, 0.3) is 0 Å². The topological polar surface area (TPSA) is 51.4 Å². The molecule has 0 bridgehead atoms. The molecule has 1 aliphatic heterocycles. The van der Waals surface area contributed by atoms with Crippen molar-refractivity contribution < 1.29 is 4.74 Å². The van der Waals surface area contributed by atoms with E-state index in [1.807, 2.05) is 12.1 Å². The zero-order chi connectivity index (χ0) is 13.0. The summed E-state index contributed by atoms with van der Waals surface area (Å²) in [5.74, 6) is 0. The Kier molecular flexibility index (Phi) is 4.49.